The molecule has 0 bridgehead atoms. The number of nitrogens with zero attached hydrogens (tertiary/aromatic N) is 2. The van der Waals surface area contributed by atoms with Crippen molar-refractivity contribution in [2.24, 2.45) is 0 Å². The molecule has 0 atom stereocenters. The number of aromatic nitrogens is 2. The second-order valence-corrected chi connectivity index (χ2v) is 6.24. The Hall–Kier alpha value is -3.73. The minimum Gasteiger partial charge on any atom is -0.289 e. The van der Waals surface area contributed by atoms with Crippen LogP contribution >= 0.6 is 0 Å². The normalized spacial score (nSPS) is 11.2. The first-order chi connectivity index (χ1) is 13.6. The van der Waals surface area contributed by atoms with Crippen LogP contribution in [0.1, 0.15) is 15.9 Å². The average Bonchev–Trinajstić information content (AvgIpc) is 2.71. The molecule has 0 aliphatic carbocycles. The topological polar surface area (TPSA) is 42.9 Å². The maximum atomic E-state index is 13.4. The summed E-state index contributed by atoms with van der Waals surface area (Å²) < 4.78 is 26.7. The van der Waals surface area contributed by atoms with E-state index in [1.807, 2.05) is 18.2 Å². The summed E-state index contributed by atoms with van der Waals surface area (Å²) >= 11 is 0. The van der Waals surface area contributed by atoms with Crippen molar-refractivity contribution in [3.8, 4) is 11.1 Å². The molecule has 0 N–H and O–H groups in total. The summed E-state index contributed by atoms with van der Waals surface area (Å²) in [6.45, 7) is 0. The van der Waals surface area contributed by atoms with Gasteiger partial charge in [0.1, 0.15) is 11.6 Å². The first-order valence-electron chi connectivity index (χ1n) is 8.58. The van der Waals surface area contributed by atoms with Crippen LogP contribution in [0.2, 0.25) is 0 Å². The van der Waals surface area contributed by atoms with Crippen molar-refractivity contribution in [1.82, 2.24) is 9.97 Å². The molecule has 0 aliphatic heterocycles. The molecule has 4 aromatic rings. The predicted octanol–water partition coefficient (Wildman–Crippen LogP) is 5.47. The highest BCUT2D eigenvalue weighted by atomic mass is 19.1. The SMILES string of the molecule is O=C(C=Cc1ccc2nccnc2c1)c1ccc(-c2cc(F)cc(F)c2)cc1. The summed E-state index contributed by atoms with van der Waals surface area (Å²) in [5.41, 5.74) is 3.92. The number of fused-ring (bicyclic) bond motifs is 1. The molecule has 0 spiro atoms. The van der Waals surface area contributed by atoms with E-state index in [9.17, 15) is 13.6 Å². The molecule has 0 fully saturated rings. The van der Waals surface area contributed by atoms with E-state index < -0.39 is 11.6 Å². The molecule has 0 radical (unpaired) electrons. The van der Waals surface area contributed by atoms with Crippen LogP contribution in [-0.2, 0) is 0 Å². The summed E-state index contributed by atoms with van der Waals surface area (Å²) in [5, 5.41) is 0. The number of halogens is 2. The van der Waals surface area contributed by atoms with Gasteiger partial charge in [-0.3, -0.25) is 14.8 Å². The smallest absolute Gasteiger partial charge is 0.185 e. The van der Waals surface area contributed by atoms with Crippen molar-refractivity contribution >= 4 is 22.9 Å². The molecule has 5 heteroatoms. The standard InChI is InChI=1S/C23H14F2N2O/c24-19-12-18(13-20(25)14-19)16-3-5-17(6-4-16)23(28)8-2-15-1-7-21-22(11-15)27-10-9-26-21/h1-14H. The molecule has 3 aromatic carbocycles. The molecule has 0 saturated heterocycles. The van der Waals surface area contributed by atoms with Gasteiger partial charge in [-0.1, -0.05) is 36.4 Å². The summed E-state index contributed by atoms with van der Waals surface area (Å²) in [5.74, 6) is -1.45. The molecular weight excluding hydrogens is 358 g/mol. The van der Waals surface area contributed by atoms with Gasteiger partial charge in [0, 0.05) is 24.0 Å². The summed E-state index contributed by atoms with van der Waals surface area (Å²) in [6.07, 6.45) is 6.44. The number of ketones is 1. The van der Waals surface area contributed by atoms with Crippen LogP contribution in [0.5, 0.6) is 0 Å². The molecular formula is C23H14F2N2O. The van der Waals surface area contributed by atoms with Crippen LogP contribution in [0.15, 0.2) is 79.1 Å². The predicted molar refractivity (Wildman–Crippen MR) is 105 cm³/mol. The maximum absolute atomic E-state index is 13.4. The minimum atomic E-state index is -0.641. The Labute approximate surface area is 160 Å². The zero-order chi connectivity index (χ0) is 19.5. The maximum Gasteiger partial charge on any atom is 0.185 e. The second kappa shape index (κ2) is 7.48. The molecule has 1 heterocycles. The van der Waals surface area contributed by atoms with Crippen molar-refractivity contribution < 1.29 is 13.6 Å². The lowest BCUT2D eigenvalue weighted by molar-refractivity contribution is 0.104. The van der Waals surface area contributed by atoms with Crippen molar-refractivity contribution in [2.45, 2.75) is 0 Å². The summed E-state index contributed by atoms with van der Waals surface area (Å²) in [7, 11) is 0. The molecule has 0 unspecified atom stereocenters. The zero-order valence-corrected chi connectivity index (χ0v) is 14.6. The number of rotatable bonds is 4. The largest absolute Gasteiger partial charge is 0.289 e. The molecule has 3 nitrogen and oxygen atoms in total. The fourth-order valence-electron chi connectivity index (χ4n) is 2.90. The van der Waals surface area contributed by atoms with Gasteiger partial charge in [-0.05, 0) is 47.0 Å². The van der Waals surface area contributed by atoms with Gasteiger partial charge in [0.25, 0.3) is 0 Å². The third kappa shape index (κ3) is 3.83. The highest BCUT2D eigenvalue weighted by molar-refractivity contribution is 6.07. The van der Waals surface area contributed by atoms with Crippen molar-refractivity contribution in [2.75, 3.05) is 0 Å². The lowest BCUT2D eigenvalue weighted by Crippen LogP contribution is -1.94. The van der Waals surface area contributed by atoms with Crippen molar-refractivity contribution in [1.29, 1.82) is 0 Å². The van der Waals surface area contributed by atoms with Crippen LogP contribution < -0.4 is 0 Å². The Morgan fingerprint density at radius 3 is 2.14 bits per heavy atom. The molecule has 0 aliphatic rings. The van der Waals surface area contributed by atoms with Crippen molar-refractivity contribution in [3.05, 3.63) is 102 Å². The zero-order valence-electron chi connectivity index (χ0n) is 14.6. The highest BCUT2D eigenvalue weighted by Crippen LogP contribution is 2.22. The van der Waals surface area contributed by atoms with E-state index in [4.69, 9.17) is 0 Å². The van der Waals surface area contributed by atoms with Gasteiger partial charge in [-0.15, -0.1) is 0 Å². The molecule has 1 aromatic heterocycles. The van der Waals surface area contributed by atoms with E-state index in [0.29, 0.717) is 16.7 Å². The van der Waals surface area contributed by atoms with Gasteiger partial charge < -0.3 is 0 Å². The Balaban J connectivity index is 1.53. The van der Waals surface area contributed by atoms with E-state index in [1.54, 1.807) is 42.7 Å². The second-order valence-electron chi connectivity index (χ2n) is 6.24. The van der Waals surface area contributed by atoms with E-state index in [-0.39, 0.29) is 5.78 Å². The Kier molecular flexibility index (Phi) is 4.72. The van der Waals surface area contributed by atoms with Gasteiger partial charge in [-0.2, -0.15) is 0 Å². The van der Waals surface area contributed by atoms with Gasteiger partial charge >= 0.3 is 0 Å². The first kappa shape index (κ1) is 17.7. The highest BCUT2D eigenvalue weighted by Gasteiger charge is 2.06. The molecule has 0 saturated carbocycles. The van der Waals surface area contributed by atoms with Gasteiger partial charge in [0.15, 0.2) is 5.78 Å². The monoisotopic (exact) mass is 372 g/mol. The molecule has 28 heavy (non-hydrogen) atoms. The number of allylic oxidation sites excluding steroid dienone is 1. The van der Waals surface area contributed by atoms with Crippen LogP contribution in [0.4, 0.5) is 8.78 Å². The van der Waals surface area contributed by atoms with E-state index in [1.165, 1.54) is 18.2 Å². The van der Waals surface area contributed by atoms with Crippen LogP contribution in [0.25, 0.3) is 28.2 Å². The average molecular weight is 372 g/mol. The third-order valence-electron chi connectivity index (χ3n) is 4.29. The van der Waals surface area contributed by atoms with E-state index in [2.05, 4.69) is 9.97 Å². The summed E-state index contributed by atoms with van der Waals surface area (Å²) in [6, 6.07) is 15.5. The number of carbonyl (C=O) groups is 1. The lowest BCUT2D eigenvalue weighted by Gasteiger charge is -2.04. The Bertz CT molecular complexity index is 1180. The number of benzene rings is 3. The third-order valence-corrected chi connectivity index (χ3v) is 4.29. The number of hydrogen-bond acceptors (Lipinski definition) is 3. The first-order valence-corrected chi connectivity index (χ1v) is 8.58. The quantitative estimate of drug-likeness (QED) is 0.352. The number of hydrogen-bond donors (Lipinski definition) is 0. The Morgan fingerprint density at radius 1 is 0.750 bits per heavy atom. The van der Waals surface area contributed by atoms with Crippen LogP contribution in [0, 0.1) is 11.6 Å². The van der Waals surface area contributed by atoms with Gasteiger partial charge in [-0.25, -0.2) is 8.78 Å². The van der Waals surface area contributed by atoms with Crippen molar-refractivity contribution in [3.63, 3.8) is 0 Å². The fourth-order valence-corrected chi connectivity index (χ4v) is 2.90. The minimum absolute atomic E-state index is 0.170. The molecule has 0 amide bonds. The van der Waals surface area contributed by atoms with E-state index in [0.717, 1.165) is 22.7 Å². The van der Waals surface area contributed by atoms with Gasteiger partial charge in [0.2, 0.25) is 0 Å². The molecule has 4 rings (SSSR count). The van der Waals surface area contributed by atoms with Crippen LogP contribution in [-0.4, -0.2) is 15.8 Å². The Morgan fingerprint density at radius 2 is 1.43 bits per heavy atom. The molecule has 136 valence electrons. The summed E-state index contributed by atoms with van der Waals surface area (Å²) in [4.78, 5) is 20.9. The number of carbonyl (C=O) groups excluding carboxylic acids is 1. The fraction of sp³-hybridized carbons (Fsp3) is 0. The lowest BCUT2D eigenvalue weighted by atomic mass is 10.0. The van der Waals surface area contributed by atoms with Crippen LogP contribution in [0.3, 0.4) is 0 Å². The van der Waals surface area contributed by atoms with Gasteiger partial charge in [0.05, 0.1) is 11.0 Å². The van der Waals surface area contributed by atoms with E-state index >= 15 is 0 Å².